The van der Waals surface area contributed by atoms with Crippen molar-refractivity contribution in [2.45, 2.75) is 64.0 Å². The molecule has 112 valence electrons. The molecular weight excluding hydrogens is 268 g/mol. The zero-order valence-corrected chi connectivity index (χ0v) is 13.5. The van der Waals surface area contributed by atoms with Gasteiger partial charge in [-0.3, -0.25) is 0 Å². The van der Waals surface area contributed by atoms with Crippen molar-refractivity contribution in [1.82, 2.24) is 10.3 Å². The van der Waals surface area contributed by atoms with Gasteiger partial charge in [0.05, 0.1) is 16.3 Å². The SMILES string of the molecule is CCNC(Cc1csc(C)n1)C1CCOC2(CCC2)C1. The molecule has 1 saturated heterocycles. The van der Waals surface area contributed by atoms with Gasteiger partial charge in [-0.25, -0.2) is 4.98 Å². The van der Waals surface area contributed by atoms with Crippen molar-refractivity contribution >= 4 is 11.3 Å². The molecule has 1 aliphatic carbocycles. The maximum Gasteiger partial charge on any atom is 0.0897 e. The smallest absolute Gasteiger partial charge is 0.0897 e. The maximum absolute atomic E-state index is 6.07. The van der Waals surface area contributed by atoms with Crippen molar-refractivity contribution in [2.75, 3.05) is 13.2 Å². The second-order valence-corrected chi connectivity index (χ2v) is 7.43. The third-order valence-electron chi connectivity index (χ3n) is 4.93. The fraction of sp³-hybridized carbons (Fsp3) is 0.812. The number of rotatable bonds is 5. The van der Waals surface area contributed by atoms with Crippen molar-refractivity contribution in [3.05, 3.63) is 16.1 Å². The van der Waals surface area contributed by atoms with Gasteiger partial charge >= 0.3 is 0 Å². The molecule has 3 nitrogen and oxygen atoms in total. The highest BCUT2D eigenvalue weighted by molar-refractivity contribution is 7.09. The first kappa shape index (κ1) is 14.5. The van der Waals surface area contributed by atoms with E-state index in [0.717, 1.165) is 25.5 Å². The van der Waals surface area contributed by atoms with Gasteiger partial charge in [0, 0.05) is 24.4 Å². The number of thiazole rings is 1. The quantitative estimate of drug-likeness (QED) is 0.904. The summed E-state index contributed by atoms with van der Waals surface area (Å²) in [5, 5.41) is 7.10. The molecule has 0 aromatic carbocycles. The molecule has 3 rings (SSSR count). The topological polar surface area (TPSA) is 34.2 Å². The molecule has 1 N–H and O–H groups in total. The summed E-state index contributed by atoms with van der Waals surface area (Å²) < 4.78 is 6.07. The highest BCUT2D eigenvalue weighted by atomic mass is 32.1. The first-order chi connectivity index (χ1) is 9.71. The first-order valence-corrected chi connectivity index (χ1v) is 8.87. The molecular formula is C16H26N2OS. The second kappa shape index (κ2) is 6.12. The Kier molecular flexibility index (Phi) is 4.43. The average Bonchev–Trinajstić information content (AvgIpc) is 2.82. The summed E-state index contributed by atoms with van der Waals surface area (Å²) in [6.07, 6.45) is 7.41. The minimum absolute atomic E-state index is 0.245. The van der Waals surface area contributed by atoms with E-state index in [-0.39, 0.29) is 5.60 Å². The summed E-state index contributed by atoms with van der Waals surface area (Å²) in [4.78, 5) is 4.65. The van der Waals surface area contributed by atoms with Crippen LogP contribution < -0.4 is 5.32 Å². The Labute approximate surface area is 126 Å². The third-order valence-corrected chi connectivity index (χ3v) is 5.75. The lowest BCUT2D eigenvalue weighted by atomic mass is 9.70. The number of nitrogens with one attached hydrogen (secondary N) is 1. The number of hydrogen-bond acceptors (Lipinski definition) is 4. The molecule has 2 atom stereocenters. The summed E-state index contributed by atoms with van der Waals surface area (Å²) in [7, 11) is 0. The van der Waals surface area contributed by atoms with Gasteiger partial charge in [0.15, 0.2) is 0 Å². The molecule has 2 unspecified atom stereocenters. The number of aryl methyl sites for hydroxylation is 1. The Bertz CT molecular complexity index is 441. The van der Waals surface area contributed by atoms with Gasteiger partial charge in [0.25, 0.3) is 0 Å². The lowest BCUT2D eigenvalue weighted by Gasteiger charge is -2.49. The number of likely N-dealkylation sites (N-methyl/N-ethyl adjacent to an activating group) is 1. The molecule has 0 bridgehead atoms. The fourth-order valence-corrected chi connectivity index (χ4v) is 4.35. The van der Waals surface area contributed by atoms with Crippen LogP contribution in [0.1, 0.15) is 49.7 Å². The number of hydrogen-bond donors (Lipinski definition) is 1. The van der Waals surface area contributed by atoms with Gasteiger partial charge < -0.3 is 10.1 Å². The van der Waals surface area contributed by atoms with E-state index in [2.05, 4.69) is 29.5 Å². The molecule has 0 amide bonds. The van der Waals surface area contributed by atoms with Crippen molar-refractivity contribution in [2.24, 2.45) is 5.92 Å². The highest BCUT2D eigenvalue weighted by Gasteiger charge is 2.44. The zero-order valence-electron chi connectivity index (χ0n) is 12.7. The van der Waals surface area contributed by atoms with Gasteiger partial charge in [-0.2, -0.15) is 0 Å². The van der Waals surface area contributed by atoms with Crippen LogP contribution in [0.3, 0.4) is 0 Å². The molecule has 20 heavy (non-hydrogen) atoms. The Morgan fingerprint density at radius 3 is 3.00 bits per heavy atom. The van der Waals surface area contributed by atoms with Crippen LogP contribution in [0.5, 0.6) is 0 Å². The van der Waals surface area contributed by atoms with Crippen LogP contribution >= 0.6 is 11.3 Å². The Hall–Kier alpha value is -0.450. The van der Waals surface area contributed by atoms with Crippen LogP contribution in [0.15, 0.2) is 5.38 Å². The van der Waals surface area contributed by atoms with Gasteiger partial charge in [0.1, 0.15) is 0 Å². The molecule has 2 heterocycles. The summed E-state index contributed by atoms with van der Waals surface area (Å²) >= 11 is 1.76. The van der Waals surface area contributed by atoms with E-state index in [1.165, 1.54) is 42.8 Å². The Morgan fingerprint density at radius 2 is 2.40 bits per heavy atom. The number of ether oxygens (including phenoxy) is 1. The minimum Gasteiger partial charge on any atom is -0.375 e. The zero-order chi connectivity index (χ0) is 14.0. The van der Waals surface area contributed by atoms with Gasteiger partial charge in [-0.05, 0) is 51.5 Å². The second-order valence-electron chi connectivity index (χ2n) is 6.36. The Morgan fingerprint density at radius 1 is 1.55 bits per heavy atom. The molecule has 2 fully saturated rings. The lowest BCUT2D eigenvalue weighted by molar-refractivity contribution is -0.147. The Balaban J connectivity index is 1.66. The normalized spacial score (nSPS) is 26.4. The molecule has 1 saturated carbocycles. The molecule has 1 spiro atoms. The van der Waals surface area contributed by atoms with Crippen molar-refractivity contribution in [3.8, 4) is 0 Å². The summed E-state index contributed by atoms with van der Waals surface area (Å²) in [5.41, 5.74) is 1.50. The molecule has 1 aliphatic heterocycles. The summed E-state index contributed by atoms with van der Waals surface area (Å²) in [6, 6.07) is 0.558. The molecule has 1 aromatic heterocycles. The molecule has 0 radical (unpaired) electrons. The van der Waals surface area contributed by atoms with E-state index in [9.17, 15) is 0 Å². The van der Waals surface area contributed by atoms with Crippen LogP contribution in [0.2, 0.25) is 0 Å². The van der Waals surface area contributed by atoms with Crippen molar-refractivity contribution < 1.29 is 4.74 Å². The lowest BCUT2D eigenvalue weighted by Crippen LogP contribution is -2.50. The molecule has 1 aromatic rings. The summed E-state index contributed by atoms with van der Waals surface area (Å²) in [6.45, 7) is 6.28. The number of nitrogens with zero attached hydrogens (tertiary/aromatic N) is 1. The van der Waals surface area contributed by atoms with E-state index in [1.54, 1.807) is 11.3 Å². The number of aromatic nitrogens is 1. The van der Waals surface area contributed by atoms with Crippen LogP contribution in [0.4, 0.5) is 0 Å². The van der Waals surface area contributed by atoms with E-state index >= 15 is 0 Å². The molecule has 2 aliphatic rings. The first-order valence-electron chi connectivity index (χ1n) is 7.99. The predicted molar refractivity (Wildman–Crippen MR) is 83.3 cm³/mol. The van der Waals surface area contributed by atoms with Crippen LogP contribution in [0, 0.1) is 12.8 Å². The van der Waals surface area contributed by atoms with Crippen LogP contribution in [-0.2, 0) is 11.2 Å². The van der Waals surface area contributed by atoms with Crippen molar-refractivity contribution in [1.29, 1.82) is 0 Å². The van der Waals surface area contributed by atoms with Gasteiger partial charge in [-0.15, -0.1) is 11.3 Å². The average molecular weight is 294 g/mol. The largest absolute Gasteiger partial charge is 0.375 e. The van der Waals surface area contributed by atoms with E-state index in [0.29, 0.717) is 6.04 Å². The monoisotopic (exact) mass is 294 g/mol. The summed E-state index contributed by atoms with van der Waals surface area (Å²) in [5.74, 6) is 0.742. The fourth-order valence-electron chi connectivity index (χ4n) is 3.72. The predicted octanol–water partition coefficient (Wildman–Crippen LogP) is 3.32. The van der Waals surface area contributed by atoms with Crippen LogP contribution in [-0.4, -0.2) is 29.8 Å². The van der Waals surface area contributed by atoms with Gasteiger partial charge in [0.2, 0.25) is 0 Å². The maximum atomic E-state index is 6.07. The van der Waals surface area contributed by atoms with E-state index in [4.69, 9.17) is 4.74 Å². The standard InChI is InChI=1S/C16H26N2OS/c1-3-17-15(9-14-11-20-12(2)18-14)13-5-8-19-16(10-13)6-4-7-16/h11,13,15,17H,3-10H2,1-2H3. The van der Waals surface area contributed by atoms with E-state index in [1.807, 2.05) is 0 Å². The van der Waals surface area contributed by atoms with Gasteiger partial charge in [-0.1, -0.05) is 6.92 Å². The minimum atomic E-state index is 0.245. The highest BCUT2D eigenvalue weighted by Crippen LogP contribution is 2.45. The third kappa shape index (κ3) is 3.07. The van der Waals surface area contributed by atoms with E-state index < -0.39 is 0 Å². The van der Waals surface area contributed by atoms with Crippen molar-refractivity contribution in [3.63, 3.8) is 0 Å². The van der Waals surface area contributed by atoms with Crippen LogP contribution in [0.25, 0.3) is 0 Å². The molecule has 4 heteroatoms.